The van der Waals surface area contributed by atoms with Gasteiger partial charge in [0.05, 0.1) is 38.4 Å². The summed E-state index contributed by atoms with van der Waals surface area (Å²) >= 11 is 8.69. The van der Waals surface area contributed by atoms with E-state index in [-0.39, 0.29) is 81.6 Å². The third kappa shape index (κ3) is 39.2. The van der Waals surface area contributed by atoms with Crippen LogP contribution in [0.15, 0.2) is 40.3 Å². The number of nitrogens with zero attached hydrogens (tertiary/aromatic N) is 2. The van der Waals surface area contributed by atoms with Gasteiger partial charge in [-0.05, 0) is 74.2 Å². The molecule has 0 aromatic heterocycles. The molecule has 0 aliphatic rings. The SMILES string of the molecule is CC[C@H](C)[C@H](NC(=O)[C@H](CCCN=C(N)N)NC(=O)[C@@H](N)CC(C)C)C(=O)N[C@H](C(=O)N[C@@H](CCC(N)=O)C(=O)OC(=O)CC[C@H](NC(=O)[C@@H](NC(=O)[C@H](CO)NC(=O)[C@H](CCCN=C(N)N)NC(=O)[C@@H](N)C=S)C(C)C)C(=O)NCC(=O)N[C@@H](CO)C(=O)OC(=O)[C@H](Cc1ccccc1)NC(=O)CNC(=O)[C@@H](N)CS)C(C)C. The van der Waals surface area contributed by atoms with Gasteiger partial charge in [-0.15, -0.1) is 0 Å². The van der Waals surface area contributed by atoms with Crippen molar-refractivity contribution in [3.63, 3.8) is 0 Å². The third-order valence-corrected chi connectivity index (χ3v) is 17.5. The normalized spacial score (nSPS) is 14.7. The van der Waals surface area contributed by atoms with Gasteiger partial charge in [0.2, 0.25) is 76.8 Å². The number of benzene rings is 1. The van der Waals surface area contributed by atoms with E-state index in [1.807, 2.05) is 19.2 Å². The summed E-state index contributed by atoms with van der Waals surface area (Å²) in [5.41, 5.74) is 45.1. The molecule has 30 N–H and O–H groups in total. The molecule has 1 aromatic carbocycles. The summed E-state index contributed by atoms with van der Waals surface area (Å²) in [6.07, 6.45) is -2.68. The molecule has 1 aromatic rings. The van der Waals surface area contributed by atoms with E-state index in [1.165, 1.54) is 27.7 Å². The average Bonchev–Trinajstić information content (AvgIpc) is 0.856. The van der Waals surface area contributed by atoms with E-state index in [0.717, 1.165) is 5.37 Å². The smallest absolute Gasteiger partial charge is 0.338 e. The van der Waals surface area contributed by atoms with Crippen LogP contribution in [0, 0.1) is 23.7 Å². The molecule has 43 nitrogen and oxygen atoms in total. The number of amides is 13. The molecule has 0 saturated carbocycles. The van der Waals surface area contributed by atoms with E-state index in [2.05, 4.69) is 81.1 Å². The second-order valence-corrected chi connectivity index (χ2v) is 28.2. The molecule has 0 bridgehead atoms. The number of ether oxygens (including phenoxy) is 2. The Balaban J connectivity index is 3.76. The minimum atomic E-state index is -2.05. The van der Waals surface area contributed by atoms with Gasteiger partial charge in [-0.1, -0.05) is 104 Å². The molecule has 14 atom stereocenters. The minimum absolute atomic E-state index is 0.00837. The van der Waals surface area contributed by atoms with Gasteiger partial charge in [-0.3, -0.25) is 77.1 Å². The zero-order chi connectivity index (χ0) is 86.6. The van der Waals surface area contributed by atoms with Crippen LogP contribution in [0.3, 0.4) is 0 Å². The summed E-state index contributed by atoms with van der Waals surface area (Å²) in [6, 6.07) is -12.1. The lowest BCUT2D eigenvalue weighted by Gasteiger charge is -2.30. The first-order valence-corrected chi connectivity index (χ1v) is 37.7. The number of carbonyl (C=O) groups excluding carboxylic acids is 17. The molecule has 1 rings (SSSR count). The number of primary amides is 1. The number of nitrogens with one attached hydrogen (secondary N) is 12. The lowest BCUT2D eigenvalue weighted by molar-refractivity contribution is -0.165. The summed E-state index contributed by atoms with van der Waals surface area (Å²) in [4.78, 5) is 238. The van der Waals surface area contributed by atoms with Crippen LogP contribution in [0.4, 0.5) is 0 Å². The highest BCUT2D eigenvalue weighted by molar-refractivity contribution is 7.80. The first-order chi connectivity index (χ1) is 53.5. The Labute approximate surface area is 670 Å². The fourth-order valence-electron chi connectivity index (χ4n) is 10.2. The predicted molar refractivity (Wildman–Crippen MR) is 419 cm³/mol. The van der Waals surface area contributed by atoms with Crippen LogP contribution in [0.1, 0.15) is 125 Å². The zero-order valence-corrected chi connectivity index (χ0v) is 66.7. The number of hydrogen-bond acceptors (Lipinski definition) is 28. The maximum atomic E-state index is 14.4. The number of nitrogens with two attached hydrogens (primary N) is 8. The molecule has 0 aliphatic carbocycles. The molecular weight excluding hydrogens is 1540 g/mol. The molecule has 0 heterocycles. The van der Waals surface area contributed by atoms with Gasteiger partial charge in [0, 0.05) is 43.5 Å². The van der Waals surface area contributed by atoms with Gasteiger partial charge in [0.25, 0.3) is 0 Å². The number of thiol groups is 1. The summed E-state index contributed by atoms with van der Waals surface area (Å²) in [5.74, 6) is -21.9. The van der Waals surface area contributed by atoms with Crippen LogP contribution in [-0.4, -0.2) is 252 Å². The Hall–Kier alpha value is -10.6. The van der Waals surface area contributed by atoms with Crippen molar-refractivity contribution in [3.8, 4) is 0 Å². The maximum absolute atomic E-state index is 14.4. The zero-order valence-electron chi connectivity index (χ0n) is 65.0. The van der Waals surface area contributed by atoms with Crippen LogP contribution < -0.4 is 110 Å². The number of aliphatic hydroxyl groups is 2. The van der Waals surface area contributed by atoms with Crippen LogP contribution in [-0.2, 0) is 97.4 Å². The largest absolute Gasteiger partial charge is 0.394 e. The highest BCUT2D eigenvalue weighted by Gasteiger charge is 2.39. The fraction of sp³-hybridized carbons (Fsp3) is 0.623. The van der Waals surface area contributed by atoms with E-state index >= 15 is 0 Å². The first kappa shape index (κ1) is 101. The molecule has 0 spiro atoms. The van der Waals surface area contributed by atoms with Crippen LogP contribution in [0.2, 0.25) is 0 Å². The van der Waals surface area contributed by atoms with E-state index in [9.17, 15) is 91.7 Å². The molecule has 638 valence electrons. The van der Waals surface area contributed by atoms with E-state index in [0.29, 0.717) is 5.56 Å². The van der Waals surface area contributed by atoms with Gasteiger partial charge in [0.1, 0.15) is 60.4 Å². The van der Waals surface area contributed by atoms with Gasteiger partial charge in [-0.2, -0.15) is 12.6 Å². The standard InChI is InChI=1S/C69H114N22O21S2/c1-9-36(8)54(91-60(103)42(18-14-24-79-69(76)77)84-56(99)38(70)25-33(2)3)64(107)90-53(35(6)7)63(106)87-44(19-21-48(73)94)65(108)111-51(97)22-20-43(86-62(105)52(34(4)5)89-61(104)46(29-92)88-59(102)41(17-13-23-78-68(74)75)85-57(100)40(72)32-114)58(101)81-28-50(96)83-47(30-93)67(110)112-66(109)45(26-37-15-11-10-12-16-37)82-49(95)27-80-55(98)39(71)31-113/h10-12,15-16,32-36,38-47,52-54,92-93,113H,9,13-14,17-31,70-72H2,1-8H3,(H2,73,94)(H,80,98)(H,81,101)(H,82,95)(H,83,96)(H,84,99)(H,85,100)(H,86,105)(H,87,106)(H,88,102)(H,89,104)(H,90,107)(H,91,103)(H4,74,75,78)(H4,76,77,79)/t36-,38-,39-,40-,41-,42-,43-,44-,45-,46-,47-,52-,53-,54-/m0/s1. The topological polar surface area (TPSA) is 726 Å². The number of guanidine groups is 2. The first-order valence-electron chi connectivity index (χ1n) is 36.6. The fourth-order valence-corrected chi connectivity index (χ4v) is 10.5. The third-order valence-electron chi connectivity index (χ3n) is 16.8. The van der Waals surface area contributed by atoms with Crippen LogP contribution in [0.25, 0.3) is 0 Å². The molecule has 0 saturated heterocycles. The van der Waals surface area contributed by atoms with Crippen molar-refractivity contribution in [1.29, 1.82) is 0 Å². The second-order valence-electron chi connectivity index (χ2n) is 27.5. The summed E-state index contributed by atoms with van der Waals surface area (Å²) < 4.78 is 10.1. The van der Waals surface area contributed by atoms with E-state index in [1.54, 1.807) is 44.2 Å². The number of hydrogen-bond donors (Lipinski definition) is 23. The minimum Gasteiger partial charge on any atom is -0.394 e. The predicted octanol–water partition coefficient (Wildman–Crippen LogP) is -9.10. The molecule has 0 aliphatic heterocycles. The Morgan fingerprint density at radius 3 is 1.38 bits per heavy atom. The lowest BCUT2D eigenvalue weighted by Crippen LogP contribution is -2.61. The number of esters is 4. The molecule has 0 radical (unpaired) electrons. The Morgan fingerprint density at radius 1 is 0.474 bits per heavy atom. The van der Waals surface area contributed by atoms with E-state index in [4.69, 9.17) is 67.6 Å². The highest BCUT2D eigenvalue weighted by Crippen LogP contribution is 2.16. The summed E-state index contributed by atoms with van der Waals surface area (Å²) in [7, 11) is 0. The van der Waals surface area contributed by atoms with E-state index < -0.39 is 249 Å². The van der Waals surface area contributed by atoms with Crippen molar-refractivity contribution in [1.82, 2.24) is 63.8 Å². The number of carbonyl (C=O) groups is 17. The molecular formula is C69H114N22O21S2. The number of thiocarbonyl (C=S) groups is 1. The average molecular weight is 1650 g/mol. The van der Waals surface area contributed by atoms with Crippen LogP contribution in [0.5, 0.6) is 0 Å². The van der Waals surface area contributed by atoms with Crippen LogP contribution >= 0.6 is 24.8 Å². The summed E-state index contributed by atoms with van der Waals surface area (Å²) in [6.45, 7) is 8.75. The van der Waals surface area contributed by atoms with Gasteiger partial charge in [0.15, 0.2) is 18.0 Å². The van der Waals surface area contributed by atoms with Gasteiger partial charge in [-0.25, -0.2) is 14.4 Å². The highest BCUT2D eigenvalue weighted by atomic mass is 32.1. The Morgan fingerprint density at radius 2 is 0.895 bits per heavy atom. The number of aliphatic imine (C=N–C) groups is 2. The molecule has 114 heavy (non-hydrogen) atoms. The monoisotopic (exact) mass is 1650 g/mol. The Kier molecular flexibility index (Phi) is 47.5. The van der Waals surface area contributed by atoms with Crippen molar-refractivity contribution in [2.24, 2.45) is 79.5 Å². The number of rotatable bonds is 53. The van der Waals surface area contributed by atoms with Gasteiger partial charge < -0.3 is 129 Å². The quantitative estimate of drug-likeness (QED) is 0.00548. The molecule has 45 heteroatoms. The summed E-state index contributed by atoms with van der Waals surface area (Å²) in [5, 5.41) is 49.9. The van der Waals surface area contributed by atoms with Gasteiger partial charge >= 0.3 is 23.9 Å². The lowest BCUT2D eigenvalue weighted by atomic mass is 9.95. The Bertz CT molecular complexity index is 3520. The van der Waals surface area contributed by atoms with Crippen molar-refractivity contribution >= 4 is 143 Å². The van der Waals surface area contributed by atoms with Crippen molar-refractivity contribution in [3.05, 3.63) is 35.9 Å². The second kappa shape index (κ2) is 53.4. The maximum Gasteiger partial charge on any atom is 0.338 e. The van der Waals surface area contributed by atoms with Crippen molar-refractivity contribution in [2.45, 2.75) is 205 Å². The molecule has 13 amide bonds. The molecule has 0 unspecified atom stereocenters. The van der Waals surface area contributed by atoms with Crippen molar-refractivity contribution < 1.29 is 101 Å². The van der Waals surface area contributed by atoms with Crippen molar-refractivity contribution in [2.75, 3.05) is 45.1 Å². The molecule has 0 fully saturated rings. The number of aliphatic hydroxyl groups excluding tert-OH is 2.